The van der Waals surface area contributed by atoms with Crippen LogP contribution < -0.4 is 9.47 Å². The molecular weight excluding hydrogens is 364 g/mol. The van der Waals surface area contributed by atoms with Crippen LogP contribution in [0.1, 0.15) is 29.5 Å². The molecule has 0 saturated carbocycles. The molecule has 0 atom stereocenters. The first-order valence-electron chi connectivity index (χ1n) is 10.5. The van der Waals surface area contributed by atoms with Crippen LogP contribution in [0.2, 0.25) is 0 Å². The van der Waals surface area contributed by atoms with E-state index in [4.69, 9.17) is 9.47 Å². The van der Waals surface area contributed by atoms with Gasteiger partial charge in [-0.25, -0.2) is 0 Å². The van der Waals surface area contributed by atoms with Gasteiger partial charge in [-0.3, -0.25) is 9.69 Å². The normalized spacial score (nSPS) is 17.7. The molecule has 0 aromatic heterocycles. The van der Waals surface area contributed by atoms with Crippen molar-refractivity contribution in [2.75, 3.05) is 33.9 Å². The van der Waals surface area contributed by atoms with Crippen molar-refractivity contribution in [1.29, 1.82) is 0 Å². The number of benzene rings is 2. The van der Waals surface area contributed by atoms with Crippen molar-refractivity contribution in [1.82, 2.24) is 9.80 Å². The van der Waals surface area contributed by atoms with Crippen LogP contribution in [-0.4, -0.2) is 49.6 Å². The number of piperidine rings is 1. The average molecular weight is 395 g/mol. The summed E-state index contributed by atoms with van der Waals surface area (Å²) in [5.41, 5.74) is 3.82. The van der Waals surface area contributed by atoms with Crippen LogP contribution in [0.3, 0.4) is 0 Å². The van der Waals surface area contributed by atoms with E-state index in [1.165, 1.54) is 11.1 Å². The summed E-state index contributed by atoms with van der Waals surface area (Å²) < 4.78 is 10.9. The molecule has 0 aliphatic carbocycles. The predicted molar refractivity (Wildman–Crippen MR) is 113 cm³/mol. The van der Waals surface area contributed by atoms with E-state index in [1.807, 2.05) is 18.2 Å². The van der Waals surface area contributed by atoms with Crippen molar-refractivity contribution >= 4 is 5.91 Å². The number of nitrogens with zero attached hydrogens (tertiary/aromatic N) is 2. The van der Waals surface area contributed by atoms with Gasteiger partial charge < -0.3 is 14.4 Å². The molecule has 0 unspecified atom stereocenters. The fraction of sp³-hybridized carbons (Fsp3) is 0.458. The summed E-state index contributed by atoms with van der Waals surface area (Å²) in [5.74, 6) is 2.20. The maximum absolute atomic E-state index is 13.1. The van der Waals surface area contributed by atoms with Gasteiger partial charge in [0.1, 0.15) is 11.5 Å². The van der Waals surface area contributed by atoms with Gasteiger partial charge in [0.15, 0.2) is 0 Å². The lowest BCUT2D eigenvalue weighted by molar-refractivity contribution is -0.138. The van der Waals surface area contributed by atoms with Gasteiger partial charge >= 0.3 is 0 Å². The second-order valence-corrected chi connectivity index (χ2v) is 8.01. The SMILES string of the molecule is COc1ccc(OC)c(CN2CCC(C(=O)N3CCc4ccccc4C3)CC2)c1. The number of likely N-dealkylation sites (tertiary alicyclic amines) is 1. The van der Waals surface area contributed by atoms with Crippen molar-refractivity contribution in [2.24, 2.45) is 5.92 Å². The number of carbonyl (C=O) groups is 1. The molecule has 29 heavy (non-hydrogen) atoms. The summed E-state index contributed by atoms with van der Waals surface area (Å²) in [7, 11) is 3.38. The fourth-order valence-corrected chi connectivity index (χ4v) is 4.53. The van der Waals surface area contributed by atoms with E-state index in [1.54, 1.807) is 14.2 Å². The van der Waals surface area contributed by atoms with Gasteiger partial charge in [-0.05, 0) is 61.7 Å². The second kappa shape index (κ2) is 8.87. The Bertz CT molecular complexity index is 859. The van der Waals surface area contributed by atoms with E-state index >= 15 is 0 Å². The highest BCUT2D eigenvalue weighted by molar-refractivity contribution is 5.79. The molecule has 0 N–H and O–H groups in total. The van der Waals surface area contributed by atoms with Crippen LogP contribution >= 0.6 is 0 Å². The molecule has 1 fully saturated rings. The van der Waals surface area contributed by atoms with Crippen LogP contribution in [0.5, 0.6) is 11.5 Å². The molecule has 2 heterocycles. The number of hydrogen-bond acceptors (Lipinski definition) is 4. The van der Waals surface area contributed by atoms with Crippen molar-refractivity contribution in [2.45, 2.75) is 32.4 Å². The van der Waals surface area contributed by atoms with Crippen LogP contribution in [-0.2, 0) is 24.3 Å². The minimum Gasteiger partial charge on any atom is -0.497 e. The summed E-state index contributed by atoms with van der Waals surface area (Å²) in [6, 6.07) is 14.4. The van der Waals surface area contributed by atoms with Crippen LogP contribution in [0.25, 0.3) is 0 Å². The van der Waals surface area contributed by atoms with Crippen molar-refractivity contribution in [3.8, 4) is 11.5 Å². The Morgan fingerprint density at radius 3 is 2.48 bits per heavy atom. The molecule has 2 aromatic rings. The molecule has 0 bridgehead atoms. The minimum atomic E-state index is 0.142. The number of carbonyl (C=O) groups excluding carboxylic acids is 1. The summed E-state index contributed by atoms with van der Waals surface area (Å²) in [4.78, 5) is 17.6. The first kappa shape index (κ1) is 19.8. The Labute approximate surface area is 173 Å². The molecule has 2 aliphatic rings. The smallest absolute Gasteiger partial charge is 0.226 e. The number of fused-ring (bicyclic) bond motifs is 1. The Kier molecular flexibility index (Phi) is 6.05. The quantitative estimate of drug-likeness (QED) is 0.778. The number of methoxy groups -OCH3 is 2. The molecule has 2 aromatic carbocycles. The zero-order chi connectivity index (χ0) is 20.2. The molecule has 4 rings (SSSR count). The zero-order valence-electron chi connectivity index (χ0n) is 17.4. The van der Waals surface area contributed by atoms with Crippen LogP contribution in [0, 0.1) is 5.92 Å². The van der Waals surface area contributed by atoms with Gasteiger partial charge in [0, 0.05) is 31.1 Å². The third-order valence-electron chi connectivity index (χ3n) is 6.26. The molecule has 1 amide bonds. The van der Waals surface area contributed by atoms with E-state index in [9.17, 15) is 4.79 Å². The largest absolute Gasteiger partial charge is 0.497 e. The standard InChI is InChI=1S/C24H30N2O3/c1-28-22-7-8-23(29-2)21(15-22)16-25-12-9-19(10-13-25)24(27)26-14-11-18-5-3-4-6-20(18)17-26/h3-8,15,19H,9-14,16-17H2,1-2H3. The van der Waals surface area contributed by atoms with E-state index < -0.39 is 0 Å². The number of ether oxygens (including phenoxy) is 2. The summed E-state index contributed by atoms with van der Waals surface area (Å²) in [6.45, 7) is 4.29. The Morgan fingerprint density at radius 1 is 1.00 bits per heavy atom. The lowest BCUT2D eigenvalue weighted by Gasteiger charge is -2.36. The minimum absolute atomic E-state index is 0.142. The second-order valence-electron chi connectivity index (χ2n) is 8.01. The van der Waals surface area contributed by atoms with Gasteiger partial charge in [-0.1, -0.05) is 24.3 Å². The molecule has 1 saturated heterocycles. The summed E-state index contributed by atoms with van der Waals surface area (Å²) in [5, 5.41) is 0. The Hall–Kier alpha value is -2.53. The van der Waals surface area contributed by atoms with E-state index in [2.05, 4.69) is 34.1 Å². The Balaban J connectivity index is 1.33. The van der Waals surface area contributed by atoms with Crippen molar-refractivity contribution in [3.63, 3.8) is 0 Å². The monoisotopic (exact) mass is 394 g/mol. The lowest BCUT2D eigenvalue weighted by Crippen LogP contribution is -2.44. The predicted octanol–water partition coefficient (Wildman–Crippen LogP) is 3.50. The first-order valence-corrected chi connectivity index (χ1v) is 10.5. The van der Waals surface area contributed by atoms with Gasteiger partial charge in [-0.2, -0.15) is 0 Å². The molecule has 0 radical (unpaired) electrons. The van der Waals surface area contributed by atoms with E-state index in [-0.39, 0.29) is 5.92 Å². The maximum atomic E-state index is 13.1. The highest BCUT2D eigenvalue weighted by Gasteiger charge is 2.30. The van der Waals surface area contributed by atoms with Crippen molar-refractivity contribution in [3.05, 3.63) is 59.2 Å². The number of rotatable bonds is 5. The van der Waals surface area contributed by atoms with Gasteiger partial charge in [0.25, 0.3) is 0 Å². The maximum Gasteiger partial charge on any atom is 0.226 e. The topological polar surface area (TPSA) is 42.0 Å². The fourth-order valence-electron chi connectivity index (χ4n) is 4.53. The lowest BCUT2D eigenvalue weighted by atomic mass is 9.93. The van der Waals surface area contributed by atoms with Crippen LogP contribution in [0.4, 0.5) is 0 Å². The van der Waals surface area contributed by atoms with Gasteiger partial charge in [0.2, 0.25) is 5.91 Å². The molecular formula is C24H30N2O3. The van der Waals surface area contributed by atoms with Gasteiger partial charge in [-0.15, -0.1) is 0 Å². The average Bonchev–Trinajstić information content (AvgIpc) is 2.78. The molecule has 2 aliphatic heterocycles. The highest BCUT2D eigenvalue weighted by Crippen LogP contribution is 2.28. The van der Waals surface area contributed by atoms with E-state index in [0.717, 1.165) is 69.0 Å². The molecule has 154 valence electrons. The van der Waals surface area contributed by atoms with Crippen LogP contribution in [0.15, 0.2) is 42.5 Å². The summed E-state index contributed by atoms with van der Waals surface area (Å²) in [6.07, 6.45) is 2.81. The summed E-state index contributed by atoms with van der Waals surface area (Å²) >= 11 is 0. The Morgan fingerprint density at radius 2 is 1.76 bits per heavy atom. The number of amides is 1. The van der Waals surface area contributed by atoms with Crippen molar-refractivity contribution < 1.29 is 14.3 Å². The number of hydrogen-bond donors (Lipinski definition) is 0. The van der Waals surface area contributed by atoms with Gasteiger partial charge in [0.05, 0.1) is 14.2 Å². The first-order chi connectivity index (χ1) is 14.2. The molecule has 5 nitrogen and oxygen atoms in total. The highest BCUT2D eigenvalue weighted by atomic mass is 16.5. The van der Waals surface area contributed by atoms with E-state index in [0.29, 0.717) is 5.91 Å². The third-order valence-corrected chi connectivity index (χ3v) is 6.26. The zero-order valence-corrected chi connectivity index (χ0v) is 17.4. The molecule has 0 spiro atoms. The third kappa shape index (κ3) is 4.40. The molecule has 5 heteroatoms.